The first-order chi connectivity index (χ1) is 3.72. The molecule has 0 bridgehead atoms. The second-order valence-electron chi connectivity index (χ2n) is 1.67. The van der Waals surface area contributed by atoms with Gasteiger partial charge < -0.3 is 5.21 Å². The van der Waals surface area contributed by atoms with Crippen molar-refractivity contribution in [2.24, 2.45) is 0 Å². The minimum absolute atomic E-state index is 0.0208. The summed E-state index contributed by atoms with van der Waals surface area (Å²) in [6, 6.07) is -0.417. The minimum atomic E-state index is -0.417. The van der Waals surface area contributed by atoms with Crippen LogP contribution < -0.4 is 5.48 Å². The summed E-state index contributed by atoms with van der Waals surface area (Å²) in [4.78, 5) is 10.5. The Bertz CT molecular complexity index is 82.5. The number of Topliss-reactive ketones (excluding diaryl/α,β-unsaturated/α-hetero) is 1. The molecule has 0 saturated heterocycles. The van der Waals surface area contributed by atoms with E-state index in [0.717, 1.165) is 0 Å². The summed E-state index contributed by atoms with van der Waals surface area (Å²) in [5, 5.41) is 8.17. The average molecular weight is 117 g/mol. The lowest BCUT2D eigenvalue weighted by Crippen LogP contribution is -2.30. The summed E-state index contributed by atoms with van der Waals surface area (Å²) < 4.78 is 0. The first-order valence-corrected chi connectivity index (χ1v) is 2.64. The highest BCUT2D eigenvalue weighted by molar-refractivity contribution is 5.82. The van der Waals surface area contributed by atoms with Gasteiger partial charge in [-0.15, -0.1) is 0 Å². The van der Waals surface area contributed by atoms with E-state index in [1.54, 1.807) is 13.8 Å². The number of carbonyl (C=O) groups is 1. The number of ketones is 1. The van der Waals surface area contributed by atoms with E-state index in [2.05, 4.69) is 0 Å². The third kappa shape index (κ3) is 2.04. The molecule has 0 unspecified atom stereocenters. The summed E-state index contributed by atoms with van der Waals surface area (Å²) in [6.45, 7) is 3.38. The van der Waals surface area contributed by atoms with E-state index < -0.39 is 6.04 Å². The summed E-state index contributed by atoms with van der Waals surface area (Å²) >= 11 is 0. The number of carbonyl (C=O) groups excluding carboxylic acids is 1. The Morgan fingerprint density at radius 2 is 2.38 bits per heavy atom. The molecular weight excluding hydrogens is 106 g/mol. The lowest BCUT2D eigenvalue weighted by molar-refractivity contribution is -0.122. The summed E-state index contributed by atoms with van der Waals surface area (Å²) in [6.07, 6.45) is 0.467. The molecule has 2 N–H and O–H groups in total. The Morgan fingerprint density at radius 3 is 2.50 bits per heavy atom. The van der Waals surface area contributed by atoms with Gasteiger partial charge in [-0.2, -0.15) is 5.48 Å². The largest absolute Gasteiger partial charge is 0.316 e. The van der Waals surface area contributed by atoms with Crippen molar-refractivity contribution in [3.8, 4) is 0 Å². The van der Waals surface area contributed by atoms with Crippen LogP contribution in [0.15, 0.2) is 0 Å². The molecule has 0 aromatic rings. The van der Waals surface area contributed by atoms with Crippen LogP contribution in [0.2, 0.25) is 0 Å². The summed E-state index contributed by atoms with van der Waals surface area (Å²) in [7, 11) is 0. The zero-order chi connectivity index (χ0) is 6.57. The fraction of sp³-hybridized carbons (Fsp3) is 0.800. The Labute approximate surface area is 48.7 Å². The second kappa shape index (κ2) is 3.57. The highest BCUT2D eigenvalue weighted by Gasteiger charge is 2.06. The molecule has 0 aromatic carbocycles. The number of hydroxylamine groups is 1. The molecular formula is C5H11NO2. The standard InChI is InChI=1S/C5H11NO2/c1-3-5(7)4(2)6-8/h4,6,8H,3H2,1-2H3/t4-/m1/s1. The zero-order valence-electron chi connectivity index (χ0n) is 5.14. The van der Waals surface area contributed by atoms with Crippen LogP contribution in [0.3, 0.4) is 0 Å². The highest BCUT2D eigenvalue weighted by Crippen LogP contribution is 1.86. The van der Waals surface area contributed by atoms with Crippen molar-refractivity contribution in [3.63, 3.8) is 0 Å². The third-order valence-electron chi connectivity index (χ3n) is 1.03. The van der Waals surface area contributed by atoms with E-state index in [1.165, 1.54) is 0 Å². The quantitative estimate of drug-likeness (QED) is 0.524. The van der Waals surface area contributed by atoms with Gasteiger partial charge >= 0.3 is 0 Å². The first-order valence-electron chi connectivity index (χ1n) is 2.64. The molecule has 48 valence electrons. The normalized spacial score (nSPS) is 13.4. The van der Waals surface area contributed by atoms with Crippen LogP contribution in [0, 0.1) is 0 Å². The van der Waals surface area contributed by atoms with Gasteiger partial charge in [-0.25, -0.2) is 0 Å². The van der Waals surface area contributed by atoms with E-state index in [1.807, 2.05) is 5.48 Å². The lowest BCUT2D eigenvalue weighted by Gasteiger charge is -2.03. The van der Waals surface area contributed by atoms with Gasteiger partial charge in [0, 0.05) is 6.42 Å². The first kappa shape index (κ1) is 7.59. The molecule has 0 aromatic heterocycles. The molecule has 3 nitrogen and oxygen atoms in total. The van der Waals surface area contributed by atoms with Crippen LogP contribution in [0.1, 0.15) is 20.3 Å². The molecule has 0 aliphatic rings. The van der Waals surface area contributed by atoms with Crippen molar-refractivity contribution in [1.29, 1.82) is 0 Å². The van der Waals surface area contributed by atoms with Crippen LogP contribution in [-0.4, -0.2) is 17.0 Å². The molecule has 0 spiro atoms. The van der Waals surface area contributed by atoms with Crippen molar-refractivity contribution in [1.82, 2.24) is 5.48 Å². The van der Waals surface area contributed by atoms with E-state index in [9.17, 15) is 4.79 Å². The van der Waals surface area contributed by atoms with Crippen LogP contribution in [0.4, 0.5) is 0 Å². The minimum Gasteiger partial charge on any atom is -0.316 e. The molecule has 0 rings (SSSR count). The fourth-order valence-corrected chi connectivity index (χ4v) is 0.378. The summed E-state index contributed by atoms with van der Waals surface area (Å²) in [5.74, 6) is 0.0208. The van der Waals surface area contributed by atoms with E-state index >= 15 is 0 Å². The van der Waals surface area contributed by atoms with Gasteiger partial charge in [0.25, 0.3) is 0 Å². The predicted molar refractivity (Wildman–Crippen MR) is 29.7 cm³/mol. The zero-order valence-corrected chi connectivity index (χ0v) is 5.14. The monoisotopic (exact) mass is 117 g/mol. The fourth-order valence-electron chi connectivity index (χ4n) is 0.378. The molecule has 0 fully saturated rings. The molecule has 0 heterocycles. The third-order valence-corrected chi connectivity index (χ3v) is 1.03. The Kier molecular flexibility index (Phi) is 3.39. The van der Waals surface area contributed by atoms with Crippen molar-refractivity contribution < 1.29 is 10.0 Å². The van der Waals surface area contributed by atoms with Gasteiger partial charge in [-0.3, -0.25) is 4.79 Å². The van der Waals surface area contributed by atoms with Crippen molar-refractivity contribution >= 4 is 5.78 Å². The Morgan fingerprint density at radius 1 is 1.88 bits per heavy atom. The molecule has 1 atom stereocenters. The van der Waals surface area contributed by atoms with Gasteiger partial charge in [-0.1, -0.05) is 6.92 Å². The van der Waals surface area contributed by atoms with E-state index in [0.29, 0.717) is 6.42 Å². The topological polar surface area (TPSA) is 49.3 Å². The van der Waals surface area contributed by atoms with Crippen LogP contribution >= 0.6 is 0 Å². The van der Waals surface area contributed by atoms with Gasteiger partial charge in [0.2, 0.25) is 0 Å². The molecule has 0 aliphatic carbocycles. The van der Waals surface area contributed by atoms with Crippen LogP contribution in [0.25, 0.3) is 0 Å². The molecule has 3 heteroatoms. The number of nitrogens with one attached hydrogen (secondary N) is 1. The maximum Gasteiger partial charge on any atom is 0.151 e. The molecule has 0 amide bonds. The van der Waals surface area contributed by atoms with Gasteiger partial charge in [-0.05, 0) is 6.92 Å². The molecule has 0 radical (unpaired) electrons. The number of hydrogen-bond acceptors (Lipinski definition) is 3. The Hall–Kier alpha value is -0.410. The van der Waals surface area contributed by atoms with E-state index in [4.69, 9.17) is 5.21 Å². The van der Waals surface area contributed by atoms with Crippen molar-refractivity contribution in [3.05, 3.63) is 0 Å². The smallest absolute Gasteiger partial charge is 0.151 e. The van der Waals surface area contributed by atoms with Gasteiger partial charge in [0.15, 0.2) is 5.78 Å². The van der Waals surface area contributed by atoms with E-state index in [-0.39, 0.29) is 5.78 Å². The number of rotatable bonds is 3. The van der Waals surface area contributed by atoms with Crippen LogP contribution in [0.5, 0.6) is 0 Å². The Balaban J connectivity index is 3.46. The molecule has 8 heavy (non-hydrogen) atoms. The average Bonchev–Trinajstić information content (AvgIpc) is 1.84. The SMILES string of the molecule is CCC(=O)[C@@H](C)NO. The molecule has 0 saturated carbocycles. The maximum atomic E-state index is 10.5. The van der Waals surface area contributed by atoms with Crippen LogP contribution in [-0.2, 0) is 4.79 Å². The lowest BCUT2D eigenvalue weighted by atomic mass is 10.2. The van der Waals surface area contributed by atoms with Crippen molar-refractivity contribution in [2.75, 3.05) is 0 Å². The number of hydrogen-bond donors (Lipinski definition) is 2. The predicted octanol–water partition coefficient (Wildman–Crippen LogP) is 0.333. The van der Waals surface area contributed by atoms with Gasteiger partial charge in [0.05, 0.1) is 6.04 Å². The molecule has 0 aliphatic heterocycles. The summed E-state index contributed by atoms with van der Waals surface area (Å²) in [5.41, 5.74) is 1.87. The maximum absolute atomic E-state index is 10.5. The highest BCUT2D eigenvalue weighted by atomic mass is 16.5. The van der Waals surface area contributed by atoms with Crippen molar-refractivity contribution in [2.45, 2.75) is 26.3 Å². The second-order valence-corrected chi connectivity index (χ2v) is 1.67. The van der Waals surface area contributed by atoms with Gasteiger partial charge in [0.1, 0.15) is 0 Å².